The van der Waals surface area contributed by atoms with Crippen molar-refractivity contribution in [1.82, 2.24) is 24.4 Å². The first-order valence-electron chi connectivity index (χ1n) is 15.6. The summed E-state index contributed by atoms with van der Waals surface area (Å²) in [7, 11) is 0. The average Bonchev–Trinajstić information content (AvgIpc) is 3.83. The minimum atomic E-state index is -0.391. The van der Waals surface area contributed by atoms with Crippen molar-refractivity contribution in [3.05, 3.63) is 119 Å². The summed E-state index contributed by atoms with van der Waals surface area (Å²) in [6.45, 7) is 4.71. The Morgan fingerprint density at radius 3 is 2.50 bits per heavy atom. The molecule has 0 aliphatic carbocycles. The number of aromatic nitrogens is 4. The fraction of sp³-hybridized carbons (Fsp3) is 0.189. The fourth-order valence-electron chi connectivity index (χ4n) is 6.23. The van der Waals surface area contributed by atoms with Crippen LogP contribution in [0.15, 0.2) is 97.5 Å². The van der Waals surface area contributed by atoms with E-state index in [0.29, 0.717) is 52.0 Å². The Morgan fingerprint density at radius 1 is 0.979 bits per heavy atom. The topological polar surface area (TPSA) is 105 Å². The summed E-state index contributed by atoms with van der Waals surface area (Å²) in [6.07, 6.45) is 3.87. The lowest BCUT2D eigenvalue weighted by atomic mass is 9.99. The molecule has 1 fully saturated rings. The zero-order valence-electron chi connectivity index (χ0n) is 26.3. The van der Waals surface area contributed by atoms with E-state index in [0.717, 1.165) is 27.9 Å². The molecule has 0 bridgehead atoms. The van der Waals surface area contributed by atoms with Gasteiger partial charge in [0, 0.05) is 58.2 Å². The molecule has 9 nitrogen and oxygen atoms in total. The molecule has 2 amide bonds. The third-order valence-corrected chi connectivity index (χ3v) is 9.21. The van der Waals surface area contributed by atoms with Crippen LogP contribution in [0.4, 0.5) is 5.69 Å². The summed E-state index contributed by atoms with van der Waals surface area (Å²) in [5.74, 6) is -0.104. The third kappa shape index (κ3) is 6.14. The van der Waals surface area contributed by atoms with Crippen molar-refractivity contribution in [2.24, 2.45) is 0 Å². The van der Waals surface area contributed by atoms with E-state index in [1.807, 2.05) is 79.1 Å². The molecule has 7 rings (SSSR count). The van der Waals surface area contributed by atoms with Gasteiger partial charge in [-0.15, -0.1) is 0 Å². The van der Waals surface area contributed by atoms with Crippen LogP contribution in [0.2, 0.25) is 10.0 Å². The number of H-pyrrole nitrogens is 1. The number of anilines is 1. The second kappa shape index (κ2) is 13.2. The molecular weight excluding hydrogens is 647 g/mol. The standard InChI is InChI=1S/C37H32Cl2N6O3/c1-22(24-10-12-26(38)13-11-24)45-21-41-33(25-7-4-3-5-8-25)35(45)32-29-15-14-27(39)19-31(29)42-34(32)36(47)43-30-9-6-17-40-37(30)48-28-16-18-44(20-28)23(2)46/h3-15,17,19,21-22,28,42H,16,18,20H2,1-2H3,(H,43,47)/t22-,28+/m0/s1. The lowest BCUT2D eigenvalue weighted by molar-refractivity contribution is -0.128. The number of benzene rings is 3. The molecule has 48 heavy (non-hydrogen) atoms. The Kier molecular flexibility index (Phi) is 8.64. The predicted molar refractivity (Wildman–Crippen MR) is 189 cm³/mol. The van der Waals surface area contributed by atoms with Crippen molar-refractivity contribution < 1.29 is 14.3 Å². The fourth-order valence-corrected chi connectivity index (χ4v) is 6.53. The number of halogens is 2. The van der Waals surface area contributed by atoms with Gasteiger partial charge in [0.2, 0.25) is 11.8 Å². The number of pyridine rings is 1. The molecule has 1 aliphatic heterocycles. The normalized spacial score (nSPS) is 15.1. The molecule has 11 heteroatoms. The number of hydrogen-bond acceptors (Lipinski definition) is 5. The van der Waals surface area contributed by atoms with Gasteiger partial charge >= 0.3 is 0 Å². The molecule has 2 N–H and O–H groups in total. The summed E-state index contributed by atoms with van der Waals surface area (Å²) >= 11 is 12.7. The minimum absolute atomic E-state index is 0.00147. The van der Waals surface area contributed by atoms with Gasteiger partial charge in [-0.05, 0) is 48.9 Å². The number of carbonyl (C=O) groups excluding carboxylic acids is 2. The Labute approximate surface area is 287 Å². The molecule has 3 aromatic carbocycles. The zero-order valence-corrected chi connectivity index (χ0v) is 27.8. The SMILES string of the molecule is CC(=O)N1CC[C@@H](Oc2ncccc2NC(=O)c2[nH]c3cc(Cl)ccc3c2-c2c(-c3ccccc3)ncn2[C@@H](C)c2ccc(Cl)cc2)C1. The summed E-state index contributed by atoms with van der Waals surface area (Å²) < 4.78 is 8.30. The number of likely N-dealkylation sites (tertiary alicyclic amines) is 1. The van der Waals surface area contributed by atoms with E-state index in [9.17, 15) is 9.59 Å². The number of rotatable bonds is 8. The maximum absolute atomic E-state index is 14.4. The first-order chi connectivity index (χ1) is 23.3. The van der Waals surface area contributed by atoms with Crippen LogP contribution in [0.3, 0.4) is 0 Å². The highest BCUT2D eigenvalue weighted by molar-refractivity contribution is 6.31. The molecule has 0 saturated carbocycles. The number of imidazole rings is 1. The molecule has 3 aromatic heterocycles. The minimum Gasteiger partial charge on any atom is -0.471 e. The van der Waals surface area contributed by atoms with Crippen molar-refractivity contribution in [1.29, 1.82) is 0 Å². The molecule has 6 aromatic rings. The third-order valence-electron chi connectivity index (χ3n) is 8.72. The molecule has 0 spiro atoms. The Hall–Kier alpha value is -5.12. The molecule has 0 radical (unpaired) electrons. The van der Waals surface area contributed by atoms with Crippen molar-refractivity contribution in [2.45, 2.75) is 32.4 Å². The van der Waals surface area contributed by atoms with E-state index in [-0.39, 0.29) is 23.9 Å². The van der Waals surface area contributed by atoms with Crippen LogP contribution in [-0.2, 0) is 4.79 Å². The van der Waals surface area contributed by atoms with Gasteiger partial charge in [0.05, 0.1) is 30.3 Å². The largest absolute Gasteiger partial charge is 0.471 e. The van der Waals surface area contributed by atoms with E-state index in [1.165, 1.54) is 0 Å². The van der Waals surface area contributed by atoms with E-state index < -0.39 is 5.91 Å². The highest BCUT2D eigenvalue weighted by Gasteiger charge is 2.30. The maximum atomic E-state index is 14.4. The maximum Gasteiger partial charge on any atom is 0.272 e. The number of amides is 2. The summed E-state index contributed by atoms with van der Waals surface area (Å²) in [5.41, 5.74) is 5.54. The van der Waals surface area contributed by atoms with Gasteiger partial charge in [-0.25, -0.2) is 9.97 Å². The van der Waals surface area contributed by atoms with Gasteiger partial charge < -0.3 is 24.5 Å². The van der Waals surface area contributed by atoms with Crippen molar-refractivity contribution in [2.75, 3.05) is 18.4 Å². The van der Waals surface area contributed by atoms with Crippen LogP contribution < -0.4 is 10.1 Å². The van der Waals surface area contributed by atoms with Gasteiger partial charge in [-0.3, -0.25) is 9.59 Å². The van der Waals surface area contributed by atoms with Gasteiger partial charge in [0.15, 0.2) is 0 Å². The van der Waals surface area contributed by atoms with Crippen LogP contribution in [0.1, 0.15) is 42.4 Å². The average molecular weight is 680 g/mol. The van der Waals surface area contributed by atoms with Gasteiger partial charge in [0.25, 0.3) is 5.91 Å². The molecule has 2 atom stereocenters. The van der Waals surface area contributed by atoms with Crippen LogP contribution >= 0.6 is 23.2 Å². The zero-order chi connectivity index (χ0) is 33.4. The second-order valence-corrected chi connectivity index (χ2v) is 12.7. The van der Waals surface area contributed by atoms with E-state index in [1.54, 1.807) is 30.2 Å². The molecule has 0 unspecified atom stereocenters. The number of fused-ring (bicyclic) bond motifs is 1. The quantitative estimate of drug-likeness (QED) is 0.169. The number of nitrogens with one attached hydrogen (secondary N) is 2. The highest BCUT2D eigenvalue weighted by atomic mass is 35.5. The lowest BCUT2D eigenvalue weighted by Crippen LogP contribution is -2.29. The second-order valence-electron chi connectivity index (χ2n) is 11.8. The number of ether oxygens (including phenoxy) is 1. The van der Waals surface area contributed by atoms with Crippen molar-refractivity contribution in [3.63, 3.8) is 0 Å². The summed E-state index contributed by atoms with van der Waals surface area (Å²) in [6, 6.07) is 26.5. The van der Waals surface area contributed by atoms with Crippen LogP contribution in [-0.4, -0.2) is 55.4 Å². The Morgan fingerprint density at radius 2 is 1.75 bits per heavy atom. The van der Waals surface area contributed by atoms with Crippen LogP contribution in [0, 0.1) is 0 Å². The Bertz CT molecular complexity index is 2130. The van der Waals surface area contributed by atoms with E-state index in [4.69, 9.17) is 32.9 Å². The first-order valence-corrected chi connectivity index (χ1v) is 16.4. The summed E-state index contributed by atoms with van der Waals surface area (Å²) in [4.78, 5) is 40.7. The van der Waals surface area contributed by atoms with E-state index in [2.05, 4.69) is 26.8 Å². The molecule has 4 heterocycles. The van der Waals surface area contributed by atoms with Crippen molar-refractivity contribution >= 4 is 51.6 Å². The first kappa shape index (κ1) is 31.5. The number of carbonyl (C=O) groups is 2. The molecule has 1 aliphatic rings. The monoisotopic (exact) mass is 678 g/mol. The molecular formula is C37H32Cl2N6O3. The molecule has 242 valence electrons. The van der Waals surface area contributed by atoms with E-state index >= 15 is 0 Å². The number of aromatic amines is 1. The smallest absolute Gasteiger partial charge is 0.272 e. The predicted octanol–water partition coefficient (Wildman–Crippen LogP) is 8.26. The van der Waals surface area contributed by atoms with Gasteiger partial charge in [0.1, 0.15) is 17.5 Å². The van der Waals surface area contributed by atoms with Gasteiger partial charge in [-0.2, -0.15) is 0 Å². The van der Waals surface area contributed by atoms with Crippen LogP contribution in [0.5, 0.6) is 5.88 Å². The van der Waals surface area contributed by atoms with Crippen molar-refractivity contribution in [3.8, 4) is 28.4 Å². The summed E-state index contributed by atoms with van der Waals surface area (Å²) in [5, 5.41) is 5.04. The van der Waals surface area contributed by atoms with Crippen LogP contribution in [0.25, 0.3) is 33.4 Å². The number of nitrogens with zero attached hydrogens (tertiary/aromatic N) is 4. The van der Waals surface area contributed by atoms with Gasteiger partial charge in [-0.1, -0.05) is 71.7 Å². The Balaban J connectivity index is 1.34. The lowest BCUT2D eigenvalue weighted by Gasteiger charge is -2.19. The number of hydrogen-bond donors (Lipinski definition) is 2. The molecule has 1 saturated heterocycles. The highest BCUT2D eigenvalue weighted by Crippen LogP contribution is 2.41.